The second-order valence-corrected chi connectivity index (χ2v) is 10.8. The Bertz CT molecular complexity index is 1050. The molecule has 0 aromatic heterocycles. The monoisotopic (exact) mass is 471 g/mol. The highest BCUT2D eigenvalue weighted by atomic mass is 32.2. The molecule has 0 aliphatic carbocycles. The number of sulfonamides is 1. The van der Waals surface area contributed by atoms with Gasteiger partial charge in [-0.05, 0) is 55.2 Å². The molecule has 2 saturated heterocycles. The van der Waals surface area contributed by atoms with Gasteiger partial charge in [-0.25, -0.2) is 8.42 Å². The van der Waals surface area contributed by atoms with E-state index in [4.69, 9.17) is 4.74 Å². The smallest absolute Gasteiger partial charge is 0.251 e. The number of benzene rings is 2. The standard InChI is InChI=1S/C25H33N3O4S/c1-20-5-2-3-12-28(20)33(30,31)24-10-8-23(9-11-24)25(29)26-18-21-6-4-7-22(17-21)19-27-13-15-32-16-14-27/h4,6-11,17,20H,2-3,5,12-16,18-19H2,1H3,(H,26,29). The normalized spacial score (nSPS) is 20.5. The van der Waals surface area contributed by atoms with Gasteiger partial charge in [0.05, 0.1) is 18.1 Å². The molecule has 1 atom stereocenters. The zero-order chi connectivity index (χ0) is 23.3. The fourth-order valence-corrected chi connectivity index (χ4v) is 6.18. The first-order chi connectivity index (χ1) is 15.9. The summed E-state index contributed by atoms with van der Waals surface area (Å²) in [6.45, 7) is 7.20. The SMILES string of the molecule is CC1CCCCN1S(=O)(=O)c1ccc(C(=O)NCc2cccc(CN3CCOCC3)c2)cc1. The third-order valence-electron chi connectivity index (χ3n) is 6.42. The summed E-state index contributed by atoms with van der Waals surface area (Å²) in [6.07, 6.45) is 2.83. The van der Waals surface area contributed by atoms with Crippen molar-refractivity contribution in [1.82, 2.24) is 14.5 Å². The molecule has 0 bridgehead atoms. The lowest BCUT2D eigenvalue weighted by Gasteiger charge is -2.32. The molecule has 178 valence electrons. The van der Waals surface area contributed by atoms with Crippen molar-refractivity contribution in [3.05, 3.63) is 65.2 Å². The van der Waals surface area contributed by atoms with E-state index >= 15 is 0 Å². The lowest BCUT2D eigenvalue weighted by atomic mass is 10.1. The first-order valence-corrected chi connectivity index (χ1v) is 13.2. The lowest BCUT2D eigenvalue weighted by Crippen LogP contribution is -2.41. The average Bonchev–Trinajstić information content (AvgIpc) is 2.84. The summed E-state index contributed by atoms with van der Waals surface area (Å²) in [5.74, 6) is -0.219. The number of carbonyl (C=O) groups is 1. The van der Waals surface area contributed by atoms with E-state index in [-0.39, 0.29) is 16.8 Å². The largest absolute Gasteiger partial charge is 0.379 e. The van der Waals surface area contributed by atoms with Crippen molar-refractivity contribution in [2.45, 2.75) is 50.2 Å². The fraction of sp³-hybridized carbons (Fsp3) is 0.480. The minimum absolute atomic E-state index is 0.00531. The lowest BCUT2D eigenvalue weighted by molar-refractivity contribution is 0.0342. The number of carbonyl (C=O) groups excluding carboxylic acids is 1. The van der Waals surface area contributed by atoms with Crippen LogP contribution in [0.15, 0.2) is 53.4 Å². The summed E-state index contributed by atoms with van der Waals surface area (Å²) in [5, 5.41) is 2.94. The number of hydrogen-bond acceptors (Lipinski definition) is 5. The summed E-state index contributed by atoms with van der Waals surface area (Å²) in [5.41, 5.74) is 2.70. The molecule has 1 amide bonds. The van der Waals surface area contributed by atoms with Gasteiger partial charge >= 0.3 is 0 Å². The Kier molecular flexibility index (Phi) is 7.80. The zero-order valence-electron chi connectivity index (χ0n) is 19.2. The maximum atomic E-state index is 13.0. The zero-order valence-corrected chi connectivity index (χ0v) is 20.0. The number of amides is 1. The van der Waals surface area contributed by atoms with Crippen molar-refractivity contribution in [1.29, 1.82) is 0 Å². The van der Waals surface area contributed by atoms with E-state index < -0.39 is 10.0 Å². The number of nitrogens with zero attached hydrogens (tertiary/aromatic N) is 2. The van der Waals surface area contributed by atoms with Crippen LogP contribution in [0.3, 0.4) is 0 Å². The number of ether oxygens (including phenoxy) is 1. The molecule has 1 N–H and O–H groups in total. The average molecular weight is 472 g/mol. The highest BCUT2D eigenvalue weighted by molar-refractivity contribution is 7.89. The molecule has 8 heteroatoms. The van der Waals surface area contributed by atoms with Gasteiger partial charge in [0.15, 0.2) is 0 Å². The molecule has 2 fully saturated rings. The van der Waals surface area contributed by atoms with Crippen LogP contribution in [-0.2, 0) is 27.8 Å². The van der Waals surface area contributed by atoms with Crippen molar-refractivity contribution >= 4 is 15.9 Å². The topological polar surface area (TPSA) is 79.0 Å². The van der Waals surface area contributed by atoms with Gasteiger partial charge in [0.1, 0.15) is 0 Å². The second kappa shape index (κ2) is 10.8. The highest BCUT2D eigenvalue weighted by Gasteiger charge is 2.30. The molecule has 2 aromatic rings. The Morgan fingerprint density at radius 2 is 1.76 bits per heavy atom. The first-order valence-electron chi connectivity index (χ1n) is 11.7. The van der Waals surface area contributed by atoms with Gasteiger partial charge in [-0.1, -0.05) is 30.7 Å². The molecule has 33 heavy (non-hydrogen) atoms. The quantitative estimate of drug-likeness (QED) is 0.672. The van der Waals surface area contributed by atoms with E-state index in [9.17, 15) is 13.2 Å². The number of hydrogen-bond donors (Lipinski definition) is 1. The van der Waals surface area contributed by atoms with Crippen LogP contribution >= 0.6 is 0 Å². The maximum absolute atomic E-state index is 13.0. The predicted molar refractivity (Wildman–Crippen MR) is 127 cm³/mol. The molecule has 4 rings (SSSR count). The molecular weight excluding hydrogens is 438 g/mol. The van der Waals surface area contributed by atoms with Crippen LogP contribution in [-0.4, -0.2) is 62.4 Å². The van der Waals surface area contributed by atoms with Crippen molar-refractivity contribution in [3.63, 3.8) is 0 Å². The molecule has 0 radical (unpaired) electrons. The second-order valence-electron chi connectivity index (χ2n) is 8.88. The highest BCUT2D eigenvalue weighted by Crippen LogP contribution is 2.25. The van der Waals surface area contributed by atoms with E-state index in [1.54, 1.807) is 16.4 Å². The first kappa shape index (κ1) is 23.9. The number of nitrogens with one attached hydrogen (secondary N) is 1. The van der Waals surface area contributed by atoms with Gasteiger partial charge in [0, 0.05) is 44.3 Å². The maximum Gasteiger partial charge on any atom is 0.251 e. The van der Waals surface area contributed by atoms with Crippen LogP contribution in [0.1, 0.15) is 47.7 Å². The van der Waals surface area contributed by atoms with Gasteiger partial charge < -0.3 is 10.1 Å². The molecule has 1 unspecified atom stereocenters. The third kappa shape index (κ3) is 6.00. The van der Waals surface area contributed by atoms with E-state index in [2.05, 4.69) is 22.3 Å². The van der Waals surface area contributed by atoms with Crippen LogP contribution in [0.25, 0.3) is 0 Å². The van der Waals surface area contributed by atoms with Crippen LogP contribution in [0.5, 0.6) is 0 Å². The van der Waals surface area contributed by atoms with Crippen molar-refractivity contribution in [2.75, 3.05) is 32.8 Å². The molecule has 7 nitrogen and oxygen atoms in total. The summed E-state index contributed by atoms with van der Waals surface area (Å²) >= 11 is 0. The van der Waals surface area contributed by atoms with Gasteiger partial charge in [0.2, 0.25) is 10.0 Å². The van der Waals surface area contributed by atoms with Crippen LogP contribution < -0.4 is 5.32 Å². The minimum Gasteiger partial charge on any atom is -0.379 e. The molecule has 2 aromatic carbocycles. The Balaban J connectivity index is 1.35. The Labute approximate surface area is 196 Å². The summed E-state index contributed by atoms with van der Waals surface area (Å²) in [4.78, 5) is 15.2. The Hall–Kier alpha value is -2.26. The van der Waals surface area contributed by atoms with Gasteiger partial charge in [-0.15, -0.1) is 0 Å². The number of piperidine rings is 1. The van der Waals surface area contributed by atoms with Crippen molar-refractivity contribution < 1.29 is 17.9 Å². The molecule has 0 spiro atoms. The fourth-order valence-electron chi connectivity index (χ4n) is 4.48. The van der Waals surface area contributed by atoms with Crippen LogP contribution in [0.4, 0.5) is 0 Å². The van der Waals surface area contributed by atoms with Gasteiger partial charge in [-0.3, -0.25) is 9.69 Å². The summed E-state index contributed by atoms with van der Waals surface area (Å²) in [6, 6.07) is 14.5. The summed E-state index contributed by atoms with van der Waals surface area (Å²) < 4.78 is 32.9. The van der Waals surface area contributed by atoms with Crippen molar-refractivity contribution in [3.8, 4) is 0 Å². The third-order valence-corrected chi connectivity index (χ3v) is 8.45. The molecule has 2 aliphatic heterocycles. The van der Waals surface area contributed by atoms with E-state index in [1.165, 1.54) is 17.7 Å². The summed E-state index contributed by atoms with van der Waals surface area (Å²) in [7, 11) is -3.54. The van der Waals surface area contributed by atoms with Crippen LogP contribution in [0, 0.1) is 0 Å². The van der Waals surface area contributed by atoms with E-state index in [1.807, 2.05) is 19.1 Å². The van der Waals surface area contributed by atoms with E-state index in [0.717, 1.165) is 57.7 Å². The molecular formula is C25H33N3O4S. The molecule has 2 heterocycles. The van der Waals surface area contributed by atoms with E-state index in [0.29, 0.717) is 18.7 Å². The molecule has 2 aliphatic rings. The van der Waals surface area contributed by atoms with Crippen molar-refractivity contribution in [2.24, 2.45) is 0 Å². The number of rotatable bonds is 7. The predicted octanol–water partition coefficient (Wildman–Crippen LogP) is 3.01. The van der Waals surface area contributed by atoms with Gasteiger partial charge in [-0.2, -0.15) is 4.31 Å². The van der Waals surface area contributed by atoms with Gasteiger partial charge in [0.25, 0.3) is 5.91 Å². The number of morpholine rings is 1. The van der Waals surface area contributed by atoms with Crippen LogP contribution in [0.2, 0.25) is 0 Å². The Morgan fingerprint density at radius 3 is 2.48 bits per heavy atom. The molecule has 0 saturated carbocycles. The minimum atomic E-state index is -3.54. The Morgan fingerprint density at radius 1 is 1.03 bits per heavy atom.